The summed E-state index contributed by atoms with van der Waals surface area (Å²) in [6.07, 6.45) is -30.5. The van der Waals surface area contributed by atoms with E-state index in [9.17, 15) is 85.9 Å². The molecule has 32 nitrogen and oxygen atoms in total. The van der Waals surface area contributed by atoms with Crippen LogP contribution in [0.2, 0.25) is 0 Å². The van der Waals surface area contributed by atoms with Crippen LogP contribution in [0.4, 0.5) is 0 Å². The van der Waals surface area contributed by atoms with Crippen LogP contribution in [-0.2, 0) is 61.8 Å². The van der Waals surface area contributed by atoms with Gasteiger partial charge in [-0.05, 0) is 71.3 Å². The zero-order valence-electron chi connectivity index (χ0n) is 47.5. The van der Waals surface area contributed by atoms with Crippen LogP contribution in [0.5, 0.6) is 46.0 Å². The van der Waals surface area contributed by atoms with Crippen molar-refractivity contribution in [2.24, 2.45) is 0 Å². The highest BCUT2D eigenvalue weighted by atomic mass is 16.8. The molecule has 0 radical (unpaired) electrons. The first-order chi connectivity index (χ1) is 42.0. The molecule has 0 spiro atoms. The SMILES string of the molecule is COc1cc(C=CC(=O)OC2C(CO)OC(CO)(OC3OC(COC(=O)C=Cc4cc(OC)c(O)c(OC)c4)C(O)C(O)C3OC3OC(CO)C(OC4OC(CO)C(O)C(O)C4O)C(O)C3O)C2OC(=O)C=Cc2cc(OC)c(O)c(OC)c2)ccc1O. The van der Waals surface area contributed by atoms with Gasteiger partial charge >= 0.3 is 17.9 Å². The van der Waals surface area contributed by atoms with E-state index in [2.05, 4.69) is 0 Å². The predicted molar refractivity (Wildman–Crippen MR) is 290 cm³/mol. The molecule has 0 aromatic heterocycles. The summed E-state index contributed by atoms with van der Waals surface area (Å²) < 4.78 is 84.1. The van der Waals surface area contributed by atoms with Crippen LogP contribution in [0.15, 0.2) is 60.7 Å². The number of aliphatic hydroxyl groups excluding tert-OH is 11. The van der Waals surface area contributed by atoms with Gasteiger partial charge in [0.25, 0.3) is 0 Å². The summed E-state index contributed by atoms with van der Waals surface area (Å²) in [5, 5.41) is 152. The number of carbonyl (C=O) groups excluding carboxylic acids is 3. The second-order valence-corrected chi connectivity index (χ2v) is 19.9. The van der Waals surface area contributed by atoms with Gasteiger partial charge in [-0.25, -0.2) is 14.4 Å². The van der Waals surface area contributed by atoms with E-state index in [-0.39, 0.29) is 57.1 Å². The van der Waals surface area contributed by atoms with Crippen LogP contribution >= 0.6 is 0 Å². The molecular formula is C56H70O32. The quantitative estimate of drug-likeness (QED) is 0.0220. The number of hydrogen-bond donors (Lipinski definition) is 14. The highest BCUT2D eigenvalue weighted by Crippen LogP contribution is 2.43. The fraction of sp³-hybridized carbons (Fsp3) is 0.518. The standard InChI is InChI=1S/C56H70O32/c1-74-28-14-24(6-10-27(28)61)7-12-38(63)83-50-35(21-59)87-56(23-60,52(50)84-39(64)13-9-26-17-31(77-4)41(66)32(18-26)78-5)88-55-51(45(70)43(68)36(82-55)22-79-37(62)11-8-25-15-29(75-2)40(65)30(16-25)76-3)86-54-48(73)46(71)49(34(20-58)81-54)85-53-47(72)44(69)42(67)33(19-57)80-53/h6-18,33-36,42-55,57-61,65-73H,19-23H2,1-5H3. The zero-order valence-corrected chi connectivity index (χ0v) is 47.5. The Bertz CT molecular complexity index is 2880. The van der Waals surface area contributed by atoms with E-state index in [0.29, 0.717) is 5.56 Å². The van der Waals surface area contributed by atoms with Crippen molar-refractivity contribution in [3.63, 3.8) is 0 Å². The second-order valence-electron chi connectivity index (χ2n) is 19.9. The van der Waals surface area contributed by atoms with Crippen molar-refractivity contribution < 1.29 is 157 Å². The topological polar surface area (TPSA) is 473 Å². The van der Waals surface area contributed by atoms with Crippen molar-refractivity contribution in [3.8, 4) is 46.0 Å². The van der Waals surface area contributed by atoms with E-state index >= 15 is 0 Å². The average molecular weight is 1260 g/mol. The first-order valence-electron chi connectivity index (χ1n) is 26.7. The smallest absolute Gasteiger partial charge is 0.331 e. The van der Waals surface area contributed by atoms with Crippen LogP contribution in [-0.4, -0.2) is 274 Å². The summed E-state index contributed by atoms with van der Waals surface area (Å²) in [7, 11) is 6.32. The van der Waals surface area contributed by atoms with E-state index in [4.69, 9.17) is 71.1 Å². The monoisotopic (exact) mass is 1250 g/mol. The average Bonchev–Trinajstić information content (AvgIpc) is 2.37. The van der Waals surface area contributed by atoms with E-state index in [0.717, 1.165) is 24.3 Å². The summed E-state index contributed by atoms with van der Waals surface area (Å²) in [6, 6.07) is 9.35. The molecule has 0 amide bonds. The Balaban J connectivity index is 1.24. The molecule has 4 aliphatic heterocycles. The normalized spacial score (nSPS) is 32.5. The zero-order chi connectivity index (χ0) is 64.3. The number of phenols is 3. The molecular weight excluding hydrogens is 1180 g/mol. The molecule has 88 heavy (non-hydrogen) atoms. The first-order valence-corrected chi connectivity index (χ1v) is 26.7. The molecule has 486 valence electrons. The maximum atomic E-state index is 14.0. The molecule has 4 saturated heterocycles. The lowest BCUT2D eigenvalue weighted by Crippen LogP contribution is -2.67. The van der Waals surface area contributed by atoms with Crippen LogP contribution < -0.4 is 23.7 Å². The van der Waals surface area contributed by atoms with Gasteiger partial charge < -0.3 is 143 Å². The Morgan fingerprint density at radius 1 is 0.477 bits per heavy atom. The second kappa shape index (κ2) is 30.5. The van der Waals surface area contributed by atoms with Gasteiger partial charge in [0.2, 0.25) is 17.3 Å². The number of benzene rings is 3. The molecule has 3 aromatic carbocycles. The number of rotatable bonds is 25. The summed E-state index contributed by atoms with van der Waals surface area (Å²) in [6.45, 7) is -5.43. The summed E-state index contributed by atoms with van der Waals surface area (Å²) in [4.78, 5) is 41.0. The Labute approximate surface area is 500 Å². The minimum atomic E-state index is -2.94. The third-order valence-corrected chi connectivity index (χ3v) is 14.4. The molecule has 19 atom stereocenters. The number of phenolic OH excluding ortho intramolecular Hbond substituents is 3. The van der Waals surface area contributed by atoms with Crippen molar-refractivity contribution in [1.82, 2.24) is 0 Å². The van der Waals surface area contributed by atoms with Crippen LogP contribution in [0.25, 0.3) is 18.2 Å². The molecule has 14 N–H and O–H groups in total. The molecule has 0 aliphatic carbocycles. The van der Waals surface area contributed by atoms with Crippen molar-refractivity contribution in [2.75, 3.05) is 68.6 Å². The number of hydrogen-bond acceptors (Lipinski definition) is 32. The molecule has 7 rings (SSSR count). The molecule has 19 unspecified atom stereocenters. The summed E-state index contributed by atoms with van der Waals surface area (Å²) in [5.74, 6) is -7.65. The van der Waals surface area contributed by atoms with Gasteiger partial charge in [-0.15, -0.1) is 0 Å². The Hall–Kier alpha value is -7.03. The molecule has 4 fully saturated rings. The largest absolute Gasteiger partial charge is 0.504 e. The van der Waals surface area contributed by atoms with Crippen molar-refractivity contribution >= 4 is 36.1 Å². The highest BCUT2D eigenvalue weighted by molar-refractivity contribution is 5.89. The van der Waals surface area contributed by atoms with Crippen LogP contribution in [0.1, 0.15) is 16.7 Å². The van der Waals surface area contributed by atoms with Crippen LogP contribution in [0.3, 0.4) is 0 Å². The van der Waals surface area contributed by atoms with Gasteiger partial charge in [-0.3, -0.25) is 0 Å². The van der Waals surface area contributed by atoms with E-state index in [1.54, 1.807) is 0 Å². The molecule has 4 aliphatic rings. The maximum absolute atomic E-state index is 14.0. The third-order valence-electron chi connectivity index (χ3n) is 14.4. The Morgan fingerprint density at radius 3 is 1.44 bits per heavy atom. The highest BCUT2D eigenvalue weighted by Gasteiger charge is 2.63. The van der Waals surface area contributed by atoms with Crippen molar-refractivity contribution in [1.29, 1.82) is 0 Å². The van der Waals surface area contributed by atoms with Gasteiger partial charge in [0.05, 0.1) is 55.4 Å². The number of carbonyl (C=O) groups is 3. The number of aliphatic hydroxyl groups is 11. The van der Waals surface area contributed by atoms with E-state index < -0.39 is 167 Å². The van der Waals surface area contributed by atoms with Gasteiger partial charge in [0.1, 0.15) is 92.6 Å². The Morgan fingerprint density at radius 2 is 0.920 bits per heavy atom. The fourth-order valence-corrected chi connectivity index (χ4v) is 9.69. The van der Waals surface area contributed by atoms with E-state index in [1.807, 2.05) is 0 Å². The first kappa shape index (κ1) is 68.5. The molecule has 0 saturated carbocycles. The van der Waals surface area contributed by atoms with Gasteiger partial charge in [0.15, 0.2) is 65.6 Å². The van der Waals surface area contributed by atoms with Crippen molar-refractivity contribution in [2.45, 2.75) is 116 Å². The molecule has 4 heterocycles. The van der Waals surface area contributed by atoms with Gasteiger partial charge in [0, 0.05) is 18.2 Å². The summed E-state index contributed by atoms with van der Waals surface area (Å²) in [5.41, 5.74) is 0.751. The molecule has 32 heteroatoms. The van der Waals surface area contributed by atoms with Gasteiger partial charge in [-0.2, -0.15) is 0 Å². The van der Waals surface area contributed by atoms with Gasteiger partial charge in [-0.1, -0.05) is 6.07 Å². The van der Waals surface area contributed by atoms with Crippen LogP contribution in [0, 0.1) is 0 Å². The lowest BCUT2D eigenvalue weighted by Gasteiger charge is -2.49. The lowest BCUT2D eigenvalue weighted by atomic mass is 9.96. The maximum Gasteiger partial charge on any atom is 0.331 e. The predicted octanol–water partition coefficient (Wildman–Crippen LogP) is -3.79. The summed E-state index contributed by atoms with van der Waals surface area (Å²) >= 11 is 0. The van der Waals surface area contributed by atoms with E-state index in [1.165, 1.54) is 90.2 Å². The molecule has 0 bridgehead atoms. The number of ether oxygens (including phenoxy) is 15. The Kier molecular flexibility index (Phi) is 23.7. The minimum absolute atomic E-state index is 0.0215. The number of aromatic hydroxyl groups is 3. The van der Waals surface area contributed by atoms with Crippen molar-refractivity contribution in [3.05, 3.63) is 77.4 Å². The lowest BCUT2D eigenvalue weighted by molar-refractivity contribution is -0.412. The molecule has 3 aromatic rings. The number of methoxy groups -OCH3 is 5. The number of esters is 3. The fourth-order valence-electron chi connectivity index (χ4n) is 9.69. The minimum Gasteiger partial charge on any atom is -0.504 e. The third kappa shape index (κ3) is 15.3.